The van der Waals surface area contributed by atoms with Crippen LogP contribution in [0.25, 0.3) is 0 Å². The summed E-state index contributed by atoms with van der Waals surface area (Å²) < 4.78 is 27.0. The van der Waals surface area contributed by atoms with Crippen molar-refractivity contribution in [2.24, 2.45) is 0 Å². The van der Waals surface area contributed by atoms with Gasteiger partial charge in [0.25, 0.3) is 0 Å². The van der Waals surface area contributed by atoms with Crippen molar-refractivity contribution < 1.29 is 8.42 Å². The molecular weight excluding hydrogens is 274 g/mol. The van der Waals surface area contributed by atoms with Crippen LogP contribution in [0.15, 0.2) is 23.1 Å². The minimum absolute atomic E-state index is 0.231. The number of nitriles is 1. The highest BCUT2D eigenvalue weighted by molar-refractivity contribution is 7.89. The van der Waals surface area contributed by atoms with E-state index in [4.69, 9.17) is 5.26 Å². The first kappa shape index (κ1) is 15.0. The number of hydrogen-bond acceptors (Lipinski definition) is 4. The molecule has 20 heavy (non-hydrogen) atoms. The van der Waals surface area contributed by atoms with E-state index < -0.39 is 10.0 Å². The quantitative estimate of drug-likeness (QED) is 0.890. The first-order valence-corrected chi connectivity index (χ1v) is 7.96. The number of benzene rings is 1. The van der Waals surface area contributed by atoms with Gasteiger partial charge in [-0.2, -0.15) is 9.57 Å². The summed E-state index contributed by atoms with van der Waals surface area (Å²) in [7, 11) is -3.55. The van der Waals surface area contributed by atoms with Crippen molar-refractivity contribution in [2.75, 3.05) is 19.6 Å². The Morgan fingerprint density at radius 3 is 2.70 bits per heavy atom. The molecule has 1 N–H and O–H groups in total. The van der Waals surface area contributed by atoms with Gasteiger partial charge in [0.15, 0.2) is 0 Å². The van der Waals surface area contributed by atoms with Crippen LogP contribution in [0.5, 0.6) is 0 Å². The number of hydrogen-bond donors (Lipinski definition) is 1. The second-order valence-corrected chi connectivity index (χ2v) is 7.65. The number of sulfonamides is 1. The summed E-state index contributed by atoms with van der Waals surface area (Å²) in [5.74, 6) is 0. The molecule has 1 aliphatic heterocycles. The smallest absolute Gasteiger partial charge is 0.243 e. The van der Waals surface area contributed by atoms with Gasteiger partial charge in [0.2, 0.25) is 10.0 Å². The van der Waals surface area contributed by atoms with Crippen LogP contribution >= 0.6 is 0 Å². The molecule has 0 saturated carbocycles. The summed E-state index contributed by atoms with van der Waals surface area (Å²) >= 11 is 0. The highest BCUT2D eigenvalue weighted by atomic mass is 32.2. The number of nitrogens with one attached hydrogen (secondary N) is 1. The minimum Gasteiger partial charge on any atom is -0.309 e. The summed E-state index contributed by atoms with van der Waals surface area (Å²) in [6.07, 6.45) is 0. The zero-order valence-electron chi connectivity index (χ0n) is 12.0. The summed E-state index contributed by atoms with van der Waals surface area (Å²) in [5.41, 5.74) is 0.787. The van der Waals surface area contributed by atoms with Crippen LogP contribution in [0.4, 0.5) is 0 Å². The lowest BCUT2D eigenvalue weighted by molar-refractivity contribution is 0.233. The molecule has 0 aromatic heterocycles. The van der Waals surface area contributed by atoms with Crippen LogP contribution in [-0.4, -0.2) is 37.9 Å². The topological polar surface area (TPSA) is 73.2 Å². The van der Waals surface area contributed by atoms with Gasteiger partial charge in [-0.25, -0.2) is 8.42 Å². The van der Waals surface area contributed by atoms with E-state index in [2.05, 4.69) is 5.32 Å². The Hall–Kier alpha value is -1.42. The third-order valence-corrected chi connectivity index (χ3v) is 5.46. The number of aryl methyl sites for hydroxylation is 1. The monoisotopic (exact) mass is 293 g/mol. The number of nitrogens with zero attached hydrogens (tertiary/aromatic N) is 2. The molecule has 5 nitrogen and oxygen atoms in total. The molecule has 1 heterocycles. The Morgan fingerprint density at radius 1 is 1.40 bits per heavy atom. The van der Waals surface area contributed by atoms with Gasteiger partial charge in [0, 0.05) is 25.2 Å². The third kappa shape index (κ3) is 2.85. The summed E-state index contributed by atoms with van der Waals surface area (Å²) in [4.78, 5) is 0.231. The molecule has 2 rings (SSSR count). The maximum atomic E-state index is 12.8. The van der Waals surface area contributed by atoms with Crippen molar-refractivity contribution in [2.45, 2.75) is 31.2 Å². The summed E-state index contributed by atoms with van der Waals surface area (Å²) in [6, 6.07) is 6.76. The van der Waals surface area contributed by atoms with Crippen LogP contribution in [0.2, 0.25) is 0 Å². The van der Waals surface area contributed by atoms with Crippen LogP contribution in [-0.2, 0) is 10.0 Å². The predicted octanol–water partition coefficient (Wildman–Crippen LogP) is 1.24. The maximum Gasteiger partial charge on any atom is 0.243 e. The van der Waals surface area contributed by atoms with Gasteiger partial charge in [-0.1, -0.05) is 6.07 Å². The second kappa shape index (κ2) is 5.17. The van der Waals surface area contributed by atoms with Crippen molar-refractivity contribution >= 4 is 10.0 Å². The molecule has 1 aromatic rings. The van der Waals surface area contributed by atoms with E-state index in [9.17, 15) is 8.42 Å². The van der Waals surface area contributed by atoms with Gasteiger partial charge in [0.05, 0.1) is 16.5 Å². The van der Waals surface area contributed by atoms with E-state index in [0.29, 0.717) is 30.8 Å². The lowest BCUT2D eigenvalue weighted by Gasteiger charge is -2.38. The van der Waals surface area contributed by atoms with E-state index in [0.717, 1.165) is 0 Å². The minimum atomic E-state index is -3.55. The molecule has 1 saturated heterocycles. The second-order valence-electron chi connectivity index (χ2n) is 5.74. The first-order chi connectivity index (χ1) is 9.26. The van der Waals surface area contributed by atoms with Crippen molar-refractivity contribution in [3.8, 4) is 6.07 Å². The van der Waals surface area contributed by atoms with E-state index in [1.807, 2.05) is 19.9 Å². The molecule has 0 atom stereocenters. The molecule has 108 valence electrons. The average molecular weight is 293 g/mol. The molecule has 1 aliphatic rings. The zero-order chi connectivity index (χ0) is 15.0. The fourth-order valence-electron chi connectivity index (χ4n) is 2.39. The first-order valence-electron chi connectivity index (χ1n) is 6.52. The van der Waals surface area contributed by atoms with Gasteiger partial charge in [0.1, 0.15) is 0 Å². The fourth-order valence-corrected chi connectivity index (χ4v) is 4.24. The van der Waals surface area contributed by atoms with Crippen LogP contribution in [0, 0.1) is 18.3 Å². The molecule has 0 spiro atoms. The van der Waals surface area contributed by atoms with Crippen molar-refractivity contribution in [3.05, 3.63) is 29.3 Å². The predicted molar refractivity (Wildman–Crippen MR) is 76.7 cm³/mol. The van der Waals surface area contributed by atoms with E-state index in [1.165, 1.54) is 10.4 Å². The van der Waals surface area contributed by atoms with Gasteiger partial charge in [-0.3, -0.25) is 0 Å². The van der Waals surface area contributed by atoms with Crippen molar-refractivity contribution in [1.82, 2.24) is 9.62 Å². The van der Waals surface area contributed by atoms with Gasteiger partial charge in [-0.05, 0) is 38.5 Å². The van der Waals surface area contributed by atoms with Crippen molar-refractivity contribution in [1.29, 1.82) is 5.26 Å². The summed E-state index contributed by atoms with van der Waals surface area (Å²) in [6.45, 7) is 7.21. The summed E-state index contributed by atoms with van der Waals surface area (Å²) in [5, 5.41) is 12.2. The largest absolute Gasteiger partial charge is 0.309 e. The van der Waals surface area contributed by atoms with Gasteiger partial charge < -0.3 is 5.32 Å². The molecule has 6 heteroatoms. The maximum absolute atomic E-state index is 12.8. The number of rotatable bonds is 2. The molecule has 1 fully saturated rings. The molecular formula is C14H19N3O2S. The Labute approximate surface area is 120 Å². The molecule has 1 aromatic carbocycles. The molecule has 0 amide bonds. The number of piperazine rings is 1. The van der Waals surface area contributed by atoms with Crippen LogP contribution in [0.1, 0.15) is 25.0 Å². The van der Waals surface area contributed by atoms with Crippen LogP contribution < -0.4 is 5.32 Å². The lowest BCUT2D eigenvalue weighted by Crippen LogP contribution is -2.58. The normalized spacial score (nSPS) is 19.5. The van der Waals surface area contributed by atoms with E-state index >= 15 is 0 Å². The Bertz CT molecular complexity index is 659. The Morgan fingerprint density at radius 2 is 2.10 bits per heavy atom. The highest BCUT2D eigenvalue weighted by Gasteiger charge is 2.34. The molecule has 0 bridgehead atoms. The van der Waals surface area contributed by atoms with E-state index in [-0.39, 0.29) is 10.4 Å². The lowest BCUT2D eigenvalue weighted by atomic mass is 10.0. The zero-order valence-corrected chi connectivity index (χ0v) is 12.8. The Kier molecular flexibility index (Phi) is 3.87. The standard InChI is InChI=1S/C14H19N3O2S/c1-11-4-5-12(9-15)8-13(11)20(18,19)17-7-6-16-14(2,3)10-17/h4-5,8,16H,6-7,10H2,1-3H3. The van der Waals surface area contributed by atoms with Gasteiger partial charge >= 0.3 is 0 Å². The third-order valence-electron chi connectivity index (χ3n) is 3.47. The SMILES string of the molecule is Cc1ccc(C#N)cc1S(=O)(=O)N1CCNC(C)(C)C1. The highest BCUT2D eigenvalue weighted by Crippen LogP contribution is 2.24. The Balaban J connectivity index is 2.43. The average Bonchev–Trinajstić information content (AvgIpc) is 2.38. The molecule has 0 aliphatic carbocycles. The van der Waals surface area contributed by atoms with Gasteiger partial charge in [-0.15, -0.1) is 0 Å². The molecule has 0 unspecified atom stereocenters. The molecule has 0 radical (unpaired) electrons. The van der Waals surface area contributed by atoms with Crippen LogP contribution in [0.3, 0.4) is 0 Å². The van der Waals surface area contributed by atoms with Crippen molar-refractivity contribution in [3.63, 3.8) is 0 Å². The van der Waals surface area contributed by atoms with E-state index in [1.54, 1.807) is 19.1 Å². The fraction of sp³-hybridized carbons (Fsp3) is 0.500.